The first-order valence-electron chi connectivity index (χ1n) is 6.15. The van der Waals surface area contributed by atoms with Crippen LogP contribution in [0.15, 0.2) is 53.1 Å². The summed E-state index contributed by atoms with van der Waals surface area (Å²) in [5.41, 5.74) is 1.12. The molecule has 21 heavy (non-hydrogen) atoms. The van der Waals surface area contributed by atoms with Gasteiger partial charge in [0.1, 0.15) is 11.3 Å². The molecular formula is C16H9BrClNO2. The number of hydrogen-bond donors (Lipinski definition) is 0. The zero-order chi connectivity index (χ0) is 14.8. The van der Waals surface area contributed by atoms with Gasteiger partial charge in [0.2, 0.25) is 0 Å². The van der Waals surface area contributed by atoms with Crippen LogP contribution in [0.3, 0.4) is 0 Å². The lowest BCUT2D eigenvalue weighted by Gasteiger charge is -2.11. The molecule has 0 aliphatic rings. The first-order valence-corrected chi connectivity index (χ1v) is 7.32. The maximum Gasteiger partial charge on any atom is 0.153 e. The number of pyridine rings is 1. The monoisotopic (exact) mass is 361 g/mol. The number of rotatable bonds is 3. The number of halogens is 2. The van der Waals surface area contributed by atoms with E-state index in [0.29, 0.717) is 27.6 Å². The molecule has 0 atom stereocenters. The molecule has 2 aromatic carbocycles. The standard InChI is InChI=1S/C16H9BrClNO2/c17-11-4-3-10(9-20)15(8-11)21-14-6-5-13(18)12-2-1-7-19-16(12)14/h1-9H. The number of carbonyl (C=O) groups excluding carboxylic acids is 1. The second-order valence-electron chi connectivity index (χ2n) is 4.35. The van der Waals surface area contributed by atoms with Gasteiger partial charge < -0.3 is 4.74 Å². The normalized spacial score (nSPS) is 10.6. The quantitative estimate of drug-likeness (QED) is 0.597. The van der Waals surface area contributed by atoms with E-state index in [-0.39, 0.29) is 0 Å². The zero-order valence-corrected chi connectivity index (χ0v) is 13.1. The Labute approximate surface area is 134 Å². The molecular weight excluding hydrogens is 354 g/mol. The molecule has 1 aromatic heterocycles. The molecule has 0 saturated carbocycles. The molecule has 0 spiro atoms. The van der Waals surface area contributed by atoms with Crippen LogP contribution in [-0.4, -0.2) is 11.3 Å². The number of aldehydes is 1. The van der Waals surface area contributed by atoms with E-state index < -0.39 is 0 Å². The number of aromatic nitrogens is 1. The topological polar surface area (TPSA) is 39.2 Å². The highest BCUT2D eigenvalue weighted by atomic mass is 79.9. The average Bonchev–Trinajstić information content (AvgIpc) is 2.51. The van der Waals surface area contributed by atoms with Crippen molar-refractivity contribution in [2.75, 3.05) is 0 Å². The van der Waals surface area contributed by atoms with Crippen molar-refractivity contribution in [2.24, 2.45) is 0 Å². The van der Waals surface area contributed by atoms with E-state index in [4.69, 9.17) is 16.3 Å². The van der Waals surface area contributed by atoms with Gasteiger partial charge in [-0.3, -0.25) is 9.78 Å². The van der Waals surface area contributed by atoms with E-state index in [1.165, 1.54) is 0 Å². The van der Waals surface area contributed by atoms with Crippen LogP contribution in [-0.2, 0) is 0 Å². The van der Waals surface area contributed by atoms with E-state index >= 15 is 0 Å². The van der Waals surface area contributed by atoms with E-state index in [1.807, 2.05) is 12.1 Å². The Morgan fingerprint density at radius 1 is 1.14 bits per heavy atom. The summed E-state index contributed by atoms with van der Waals surface area (Å²) >= 11 is 9.52. The number of ether oxygens (including phenoxy) is 1. The Bertz CT molecular complexity index is 836. The molecule has 3 nitrogen and oxygen atoms in total. The molecule has 0 aliphatic carbocycles. The first-order chi connectivity index (χ1) is 10.2. The van der Waals surface area contributed by atoms with Crippen LogP contribution < -0.4 is 4.74 Å². The Balaban J connectivity index is 2.13. The van der Waals surface area contributed by atoms with E-state index in [9.17, 15) is 4.79 Å². The maximum atomic E-state index is 11.1. The summed E-state index contributed by atoms with van der Waals surface area (Å²) in [7, 11) is 0. The number of nitrogens with zero attached hydrogens (tertiary/aromatic N) is 1. The Hall–Kier alpha value is -1.91. The zero-order valence-electron chi connectivity index (χ0n) is 10.7. The number of fused-ring (bicyclic) bond motifs is 1. The minimum Gasteiger partial charge on any atom is -0.454 e. The second-order valence-corrected chi connectivity index (χ2v) is 5.67. The predicted molar refractivity (Wildman–Crippen MR) is 86.4 cm³/mol. The lowest BCUT2D eigenvalue weighted by molar-refractivity contribution is 0.112. The highest BCUT2D eigenvalue weighted by Gasteiger charge is 2.10. The van der Waals surface area contributed by atoms with Gasteiger partial charge in [0.05, 0.1) is 10.6 Å². The Kier molecular flexibility index (Phi) is 3.90. The highest BCUT2D eigenvalue weighted by Crippen LogP contribution is 2.34. The largest absolute Gasteiger partial charge is 0.454 e. The van der Waals surface area contributed by atoms with Crippen LogP contribution in [0.4, 0.5) is 0 Å². The van der Waals surface area contributed by atoms with E-state index in [1.54, 1.807) is 36.5 Å². The number of benzene rings is 2. The Morgan fingerprint density at radius 2 is 2.00 bits per heavy atom. The van der Waals surface area contributed by atoms with Crippen molar-refractivity contribution in [1.82, 2.24) is 4.98 Å². The second kappa shape index (κ2) is 5.84. The third-order valence-electron chi connectivity index (χ3n) is 3.00. The van der Waals surface area contributed by atoms with Crippen LogP contribution in [0.2, 0.25) is 5.02 Å². The number of hydrogen-bond acceptors (Lipinski definition) is 3. The molecule has 3 rings (SSSR count). The summed E-state index contributed by atoms with van der Waals surface area (Å²) in [6.07, 6.45) is 2.43. The molecule has 3 aromatic rings. The molecule has 0 N–H and O–H groups in total. The molecule has 1 heterocycles. The van der Waals surface area contributed by atoms with E-state index in [2.05, 4.69) is 20.9 Å². The van der Waals surface area contributed by atoms with Crippen LogP contribution in [0.5, 0.6) is 11.5 Å². The fraction of sp³-hybridized carbons (Fsp3) is 0. The Morgan fingerprint density at radius 3 is 2.81 bits per heavy atom. The van der Waals surface area contributed by atoms with Gasteiger partial charge in [-0.25, -0.2) is 0 Å². The molecule has 104 valence electrons. The van der Waals surface area contributed by atoms with Gasteiger partial charge in [0.15, 0.2) is 12.0 Å². The van der Waals surface area contributed by atoms with Crippen LogP contribution >= 0.6 is 27.5 Å². The lowest BCUT2D eigenvalue weighted by Crippen LogP contribution is -1.92. The summed E-state index contributed by atoms with van der Waals surface area (Å²) in [4.78, 5) is 15.4. The van der Waals surface area contributed by atoms with Crippen molar-refractivity contribution in [2.45, 2.75) is 0 Å². The van der Waals surface area contributed by atoms with Gasteiger partial charge in [-0.05, 0) is 42.5 Å². The molecule has 0 saturated heterocycles. The van der Waals surface area contributed by atoms with Crippen LogP contribution in [0, 0.1) is 0 Å². The smallest absolute Gasteiger partial charge is 0.153 e. The first kappa shape index (κ1) is 14.0. The summed E-state index contributed by atoms with van der Waals surface area (Å²) in [6, 6.07) is 12.4. The molecule has 0 amide bonds. The van der Waals surface area contributed by atoms with Gasteiger partial charge in [-0.15, -0.1) is 0 Å². The summed E-state index contributed by atoms with van der Waals surface area (Å²) in [5.74, 6) is 1.02. The fourth-order valence-electron chi connectivity index (χ4n) is 2.01. The van der Waals surface area contributed by atoms with Crippen molar-refractivity contribution >= 4 is 44.7 Å². The van der Waals surface area contributed by atoms with Crippen molar-refractivity contribution in [3.63, 3.8) is 0 Å². The lowest BCUT2D eigenvalue weighted by atomic mass is 10.2. The van der Waals surface area contributed by atoms with Crippen molar-refractivity contribution in [1.29, 1.82) is 0 Å². The minimum absolute atomic E-state index is 0.466. The molecule has 0 aliphatic heterocycles. The van der Waals surface area contributed by atoms with Crippen molar-refractivity contribution in [3.8, 4) is 11.5 Å². The van der Waals surface area contributed by atoms with Gasteiger partial charge in [0.25, 0.3) is 0 Å². The fourth-order valence-corrected chi connectivity index (χ4v) is 2.56. The SMILES string of the molecule is O=Cc1ccc(Br)cc1Oc1ccc(Cl)c2cccnc12. The third-order valence-corrected chi connectivity index (χ3v) is 3.82. The minimum atomic E-state index is 0.466. The molecule has 0 bridgehead atoms. The van der Waals surface area contributed by atoms with Crippen molar-refractivity contribution in [3.05, 3.63) is 63.7 Å². The highest BCUT2D eigenvalue weighted by molar-refractivity contribution is 9.10. The average molecular weight is 363 g/mol. The summed E-state index contributed by atoms with van der Waals surface area (Å²) in [5, 5.41) is 1.41. The van der Waals surface area contributed by atoms with Crippen LogP contribution in [0.25, 0.3) is 10.9 Å². The molecule has 0 unspecified atom stereocenters. The molecule has 0 radical (unpaired) electrons. The number of carbonyl (C=O) groups is 1. The predicted octanol–water partition coefficient (Wildman–Crippen LogP) is 5.26. The summed E-state index contributed by atoms with van der Waals surface area (Å²) < 4.78 is 6.70. The van der Waals surface area contributed by atoms with Gasteiger partial charge in [-0.1, -0.05) is 27.5 Å². The van der Waals surface area contributed by atoms with Gasteiger partial charge in [-0.2, -0.15) is 0 Å². The van der Waals surface area contributed by atoms with Crippen molar-refractivity contribution < 1.29 is 9.53 Å². The maximum absolute atomic E-state index is 11.1. The van der Waals surface area contributed by atoms with Gasteiger partial charge >= 0.3 is 0 Å². The molecule has 0 fully saturated rings. The van der Waals surface area contributed by atoms with Gasteiger partial charge in [0, 0.05) is 16.1 Å². The van der Waals surface area contributed by atoms with E-state index in [0.717, 1.165) is 16.1 Å². The third kappa shape index (κ3) is 2.77. The molecule has 5 heteroatoms. The van der Waals surface area contributed by atoms with Crippen LogP contribution in [0.1, 0.15) is 10.4 Å². The summed E-state index contributed by atoms with van der Waals surface area (Å²) in [6.45, 7) is 0.